The Bertz CT molecular complexity index is 683. The highest BCUT2D eigenvalue weighted by Gasteiger charge is 2.19. The molecule has 1 saturated heterocycles. The lowest BCUT2D eigenvalue weighted by molar-refractivity contribution is 0.441. The Labute approximate surface area is 108 Å². The minimum absolute atomic E-state index is 0.0482. The fraction of sp³-hybridized carbons (Fsp3) is 0.385. The zero-order valence-electron chi connectivity index (χ0n) is 9.89. The van der Waals surface area contributed by atoms with Gasteiger partial charge in [-0.15, -0.1) is 0 Å². The number of hydrogen-bond acceptors (Lipinski definition) is 3. The lowest BCUT2D eigenvalue weighted by Crippen LogP contribution is -2.39. The van der Waals surface area contributed by atoms with E-state index >= 15 is 0 Å². The van der Waals surface area contributed by atoms with Crippen molar-refractivity contribution in [2.75, 3.05) is 11.5 Å². The van der Waals surface area contributed by atoms with Crippen LogP contribution in [0.3, 0.4) is 0 Å². The van der Waals surface area contributed by atoms with Crippen LogP contribution in [-0.4, -0.2) is 21.1 Å². The second-order valence-electron chi connectivity index (χ2n) is 4.49. The highest BCUT2D eigenvalue weighted by Crippen LogP contribution is 2.24. The highest BCUT2D eigenvalue weighted by molar-refractivity contribution is 7.99. The van der Waals surface area contributed by atoms with Crippen molar-refractivity contribution in [1.29, 1.82) is 0 Å². The molecule has 0 saturated carbocycles. The van der Waals surface area contributed by atoms with Crippen molar-refractivity contribution in [3.8, 4) is 0 Å². The van der Waals surface area contributed by atoms with E-state index in [1.807, 2.05) is 23.9 Å². The number of nitrogens with zero attached hydrogens (tertiary/aromatic N) is 1. The van der Waals surface area contributed by atoms with E-state index in [2.05, 4.69) is 4.98 Å². The minimum Gasteiger partial charge on any atom is -0.307 e. The second kappa shape index (κ2) is 4.65. The van der Waals surface area contributed by atoms with Gasteiger partial charge in [0.25, 0.3) is 5.56 Å². The molecule has 1 aliphatic heterocycles. The monoisotopic (exact) mass is 262 g/mol. The zero-order chi connectivity index (χ0) is 12.5. The highest BCUT2D eigenvalue weighted by atomic mass is 32.2. The van der Waals surface area contributed by atoms with Gasteiger partial charge in [0.15, 0.2) is 0 Å². The van der Waals surface area contributed by atoms with Gasteiger partial charge in [0.2, 0.25) is 0 Å². The average molecular weight is 262 g/mol. The summed E-state index contributed by atoms with van der Waals surface area (Å²) in [6, 6.07) is 7.22. The van der Waals surface area contributed by atoms with Crippen molar-refractivity contribution < 1.29 is 0 Å². The number of benzene rings is 1. The van der Waals surface area contributed by atoms with Crippen LogP contribution in [0.2, 0.25) is 0 Å². The van der Waals surface area contributed by atoms with E-state index < -0.39 is 0 Å². The van der Waals surface area contributed by atoms with Gasteiger partial charge in [-0.1, -0.05) is 12.1 Å². The number of fused-ring (bicyclic) bond motifs is 1. The first-order valence-electron chi connectivity index (χ1n) is 6.08. The molecule has 1 N–H and O–H groups in total. The Balaban J connectivity index is 2.22. The molecule has 0 atom stereocenters. The Morgan fingerprint density at radius 2 is 1.89 bits per heavy atom. The minimum atomic E-state index is -0.282. The lowest BCUT2D eigenvalue weighted by Gasteiger charge is -2.22. The molecule has 5 heteroatoms. The van der Waals surface area contributed by atoms with Crippen LogP contribution in [0.4, 0.5) is 0 Å². The molecule has 0 unspecified atom stereocenters. The third-order valence-electron chi connectivity index (χ3n) is 3.39. The van der Waals surface area contributed by atoms with Gasteiger partial charge < -0.3 is 4.98 Å². The lowest BCUT2D eigenvalue weighted by atomic mass is 10.1. The summed E-state index contributed by atoms with van der Waals surface area (Å²) in [6.45, 7) is 0. The van der Waals surface area contributed by atoms with Gasteiger partial charge in [-0.25, -0.2) is 4.79 Å². The van der Waals surface area contributed by atoms with Crippen LogP contribution in [0.15, 0.2) is 33.9 Å². The predicted octanol–water partition coefficient (Wildman–Crippen LogP) is 1.76. The van der Waals surface area contributed by atoms with E-state index in [1.165, 1.54) is 4.57 Å². The Kier molecular flexibility index (Phi) is 2.99. The summed E-state index contributed by atoms with van der Waals surface area (Å²) >= 11 is 1.88. The molecule has 2 heterocycles. The first-order chi connectivity index (χ1) is 8.77. The predicted molar refractivity (Wildman–Crippen MR) is 74.4 cm³/mol. The van der Waals surface area contributed by atoms with Crippen LogP contribution < -0.4 is 11.2 Å². The molecule has 18 heavy (non-hydrogen) atoms. The van der Waals surface area contributed by atoms with Crippen molar-refractivity contribution in [2.24, 2.45) is 0 Å². The molecule has 0 bridgehead atoms. The van der Waals surface area contributed by atoms with Crippen LogP contribution in [0.5, 0.6) is 0 Å². The van der Waals surface area contributed by atoms with E-state index in [-0.39, 0.29) is 17.3 Å². The fourth-order valence-corrected chi connectivity index (χ4v) is 3.53. The maximum atomic E-state index is 12.4. The molecule has 2 aromatic rings. The summed E-state index contributed by atoms with van der Waals surface area (Å²) in [7, 11) is 0. The van der Waals surface area contributed by atoms with Crippen LogP contribution in [0.1, 0.15) is 18.9 Å². The van der Waals surface area contributed by atoms with Crippen LogP contribution in [0.25, 0.3) is 10.9 Å². The first-order valence-corrected chi connectivity index (χ1v) is 7.24. The number of rotatable bonds is 1. The van der Waals surface area contributed by atoms with Gasteiger partial charge in [0, 0.05) is 6.04 Å². The normalized spacial score (nSPS) is 17.1. The van der Waals surface area contributed by atoms with Crippen LogP contribution in [0, 0.1) is 0 Å². The van der Waals surface area contributed by atoms with E-state index in [4.69, 9.17) is 0 Å². The summed E-state index contributed by atoms with van der Waals surface area (Å²) in [6.07, 6.45) is 1.79. The molecule has 0 radical (unpaired) electrons. The topological polar surface area (TPSA) is 54.9 Å². The molecule has 1 fully saturated rings. The summed E-state index contributed by atoms with van der Waals surface area (Å²) in [5.41, 5.74) is 0.177. The standard InChI is InChI=1S/C13H14N2O2S/c16-12-10-3-1-2-4-11(10)14-13(17)15(12)9-5-7-18-8-6-9/h1-4,9H,5-8H2,(H,14,17). The summed E-state index contributed by atoms with van der Waals surface area (Å²) in [4.78, 5) is 27.2. The summed E-state index contributed by atoms with van der Waals surface area (Å²) in [5.74, 6) is 2.03. The van der Waals surface area contributed by atoms with Gasteiger partial charge >= 0.3 is 5.69 Å². The molecule has 0 amide bonds. The van der Waals surface area contributed by atoms with Gasteiger partial charge in [-0.3, -0.25) is 9.36 Å². The molecule has 0 spiro atoms. The molecule has 1 aromatic carbocycles. The largest absolute Gasteiger partial charge is 0.329 e. The van der Waals surface area contributed by atoms with Crippen molar-refractivity contribution in [2.45, 2.75) is 18.9 Å². The van der Waals surface area contributed by atoms with Gasteiger partial charge in [0.1, 0.15) is 0 Å². The maximum Gasteiger partial charge on any atom is 0.329 e. The molecule has 4 nitrogen and oxygen atoms in total. The molecular formula is C13H14N2O2S. The van der Waals surface area contributed by atoms with Crippen molar-refractivity contribution in [3.05, 3.63) is 45.1 Å². The number of hydrogen-bond donors (Lipinski definition) is 1. The van der Waals surface area contributed by atoms with Crippen molar-refractivity contribution in [3.63, 3.8) is 0 Å². The molecule has 1 aromatic heterocycles. The second-order valence-corrected chi connectivity index (χ2v) is 5.72. The first kappa shape index (κ1) is 11.6. The number of thioether (sulfide) groups is 1. The Morgan fingerprint density at radius 1 is 1.17 bits per heavy atom. The quantitative estimate of drug-likeness (QED) is 0.852. The van der Waals surface area contributed by atoms with Gasteiger partial charge in [-0.05, 0) is 36.5 Å². The van der Waals surface area contributed by atoms with E-state index in [0.717, 1.165) is 24.3 Å². The maximum absolute atomic E-state index is 12.4. The number of aromatic amines is 1. The summed E-state index contributed by atoms with van der Waals surface area (Å²) in [5, 5.41) is 0.593. The van der Waals surface area contributed by atoms with E-state index in [0.29, 0.717) is 10.9 Å². The van der Waals surface area contributed by atoms with Crippen LogP contribution >= 0.6 is 11.8 Å². The third-order valence-corrected chi connectivity index (χ3v) is 4.44. The van der Waals surface area contributed by atoms with Crippen LogP contribution in [-0.2, 0) is 0 Å². The smallest absolute Gasteiger partial charge is 0.307 e. The zero-order valence-corrected chi connectivity index (χ0v) is 10.7. The number of nitrogens with one attached hydrogen (secondary N) is 1. The fourth-order valence-electron chi connectivity index (χ4n) is 2.45. The summed E-state index contributed by atoms with van der Waals surface area (Å²) < 4.78 is 1.40. The number of aromatic nitrogens is 2. The third kappa shape index (κ3) is 1.88. The molecular weight excluding hydrogens is 248 g/mol. The number of H-pyrrole nitrogens is 1. The van der Waals surface area contributed by atoms with E-state index in [9.17, 15) is 9.59 Å². The molecule has 1 aliphatic rings. The molecule has 94 valence electrons. The van der Waals surface area contributed by atoms with Crippen molar-refractivity contribution >= 4 is 22.7 Å². The molecule has 0 aliphatic carbocycles. The van der Waals surface area contributed by atoms with Gasteiger partial charge in [-0.2, -0.15) is 11.8 Å². The Hall–Kier alpha value is -1.49. The SMILES string of the molecule is O=c1[nH]c2ccccc2c(=O)n1C1CCSCC1. The van der Waals surface area contributed by atoms with Gasteiger partial charge in [0.05, 0.1) is 10.9 Å². The van der Waals surface area contributed by atoms with E-state index in [1.54, 1.807) is 12.1 Å². The number of para-hydroxylation sites is 1. The average Bonchev–Trinajstić information content (AvgIpc) is 2.40. The van der Waals surface area contributed by atoms with Crippen molar-refractivity contribution in [1.82, 2.24) is 9.55 Å². The Morgan fingerprint density at radius 3 is 2.67 bits per heavy atom. The molecule has 3 rings (SSSR count).